The first kappa shape index (κ1) is 28.4. The maximum absolute atomic E-state index is 9.56. The Hall–Kier alpha value is -6.11. The maximum atomic E-state index is 9.56. The van der Waals surface area contributed by atoms with Crippen molar-refractivity contribution >= 4 is 0 Å². The van der Waals surface area contributed by atoms with Crippen molar-refractivity contribution in [2.24, 2.45) is 0 Å². The zero-order valence-corrected chi connectivity index (χ0v) is 26.3. The molecule has 222 valence electrons. The normalized spacial score (nSPS) is 12.6. The number of aromatic nitrogens is 2. The van der Waals surface area contributed by atoms with Crippen LogP contribution in [0.25, 0.3) is 67.3 Å². The Morgan fingerprint density at radius 1 is 0.447 bits per heavy atom. The van der Waals surface area contributed by atoms with Crippen LogP contribution in [-0.4, -0.2) is 9.97 Å². The zero-order valence-electron chi connectivity index (χ0n) is 26.3. The van der Waals surface area contributed by atoms with E-state index in [9.17, 15) is 5.26 Å². The van der Waals surface area contributed by atoms with Gasteiger partial charge in [-0.1, -0.05) is 141 Å². The van der Waals surface area contributed by atoms with Gasteiger partial charge in [-0.15, -0.1) is 0 Å². The Morgan fingerprint density at radius 3 is 1.51 bits per heavy atom. The topological polar surface area (TPSA) is 49.6 Å². The lowest BCUT2D eigenvalue weighted by Gasteiger charge is -2.21. The summed E-state index contributed by atoms with van der Waals surface area (Å²) in [6.07, 6.45) is 0. The molecule has 3 nitrogen and oxygen atoms in total. The van der Waals surface area contributed by atoms with Gasteiger partial charge in [-0.25, -0.2) is 9.97 Å². The van der Waals surface area contributed by atoms with Gasteiger partial charge in [0.15, 0.2) is 5.82 Å². The van der Waals surface area contributed by atoms with Crippen molar-refractivity contribution in [3.8, 4) is 73.4 Å². The summed E-state index contributed by atoms with van der Waals surface area (Å²) in [7, 11) is 0. The average molecular weight is 602 g/mol. The van der Waals surface area contributed by atoms with E-state index in [1.165, 1.54) is 27.8 Å². The average Bonchev–Trinajstić information content (AvgIpc) is 3.37. The minimum Gasteiger partial charge on any atom is -0.228 e. The summed E-state index contributed by atoms with van der Waals surface area (Å²) in [5.74, 6) is 0.689. The van der Waals surface area contributed by atoms with Gasteiger partial charge in [0.25, 0.3) is 0 Å². The van der Waals surface area contributed by atoms with Crippen LogP contribution < -0.4 is 0 Å². The largest absolute Gasteiger partial charge is 0.228 e. The van der Waals surface area contributed by atoms with Gasteiger partial charge in [-0.2, -0.15) is 5.26 Å². The molecule has 1 aromatic heterocycles. The summed E-state index contributed by atoms with van der Waals surface area (Å²) in [5.41, 5.74) is 14.9. The second-order valence-corrected chi connectivity index (χ2v) is 12.6. The Balaban J connectivity index is 1.16. The van der Waals surface area contributed by atoms with E-state index in [1.807, 2.05) is 36.4 Å². The number of hydrogen-bond donors (Lipinski definition) is 0. The molecule has 1 heterocycles. The van der Waals surface area contributed by atoms with E-state index in [4.69, 9.17) is 9.97 Å². The Kier molecular flexibility index (Phi) is 6.85. The summed E-state index contributed by atoms with van der Waals surface area (Å²) in [4.78, 5) is 10.1. The Morgan fingerprint density at radius 2 is 0.894 bits per heavy atom. The predicted octanol–water partition coefficient (Wildman–Crippen LogP) is 11.0. The van der Waals surface area contributed by atoms with Crippen LogP contribution in [0.15, 0.2) is 152 Å². The third kappa shape index (κ3) is 5.11. The molecule has 1 aliphatic rings. The highest BCUT2D eigenvalue weighted by atomic mass is 14.9. The van der Waals surface area contributed by atoms with Crippen LogP contribution in [0.4, 0.5) is 0 Å². The quantitative estimate of drug-likeness (QED) is 0.197. The number of benzene rings is 6. The fraction of sp³-hybridized carbons (Fsp3) is 0.0682. The lowest BCUT2D eigenvalue weighted by molar-refractivity contribution is 0.660. The molecule has 0 bridgehead atoms. The lowest BCUT2D eigenvalue weighted by Crippen LogP contribution is -2.14. The Labute approximate surface area is 275 Å². The lowest BCUT2D eigenvalue weighted by atomic mass is 9.82. The molecule has 0 unspecified atom stereocenters. The SMILES string of the molecule is CC1(C)c2ccc(C#N)cc2-c2cc(-c3ccc(-c4nc(-c5ccccc5)cc(-c5ccc(-c6ccccc6)cc5)n4)cc3)ccc21. The van der Waals surface area contributed by atoms with E-state index in [1.54, 1.807) is 0 Å². The van der Waals surface area contributed by atoms with Crippen LogP contribution >= 0.6 is 0 Å². The van der Waals surface area contributed by atoms with Gasteiger partial charge in [0.05, 0.1) is 23.0 Å². The van der Waals surface area contributed by atoms with Gasteiger partial charge in [0, 0.05) is 22.1 Å². The summed E-state index contributed by atoms with van der Waals surface area (Å²) in [6.45, 7) is 4.52. The molecule has 1 aliphatic carbocycles. The van der Waals surface area contributed by atoms with Crippen molar-refractivity contribution in [3.63, 3.8) is 0 Å². The molecular weight excluding hydrogens is 571 g/mol. The van der Waals surface area contributed by atoms with E-state index in [0.717, 1.165) is 44.8 Å². The zero-order chi connectivity index (χ0) is 32.0. The van der Waals surface area contributed by atoms with Crippen molar-refractivity contribution in [2.45, 2.75) is 19.3 Å². The standard InChI is InChI=1S/C44H31N3/c1-44(2)39-23-13-29(28-45)25-37(39)38-26-36(22-24-40(38)44)32-16-20-35(21-17-32)43-46-41(33-11-7-4-8-12-33)27-42(47-43)34-18-14-31(15-19-34)30-9-5-3-6-10-30/h3-27H,1-2H3. The summed E-state index contributed by atoms with van der Waals surface area (Å²) < 4.78 is 0. The molecule has 0 saturated carbocycles. The maximum Gasteiger partial charge on any atom is 0.160 e. The van der Waals surface area contributed by atoms with Crippen molar-refractivity contribution in [1.82, 2.24) is 9.97 Å². The van der Waals surface area contributed by atoms with Crippen molar-refractivity contribution < 1.29 is 0 Å². The molecule has 0 amide bonds. The molecule has 47 heavy (non-hydrogen) atoms. The van der Waals surface area contributed by atoms with E-state index in [0.29, 0.717) is 11.4 Å². The van der Waals surface area contributed by atoms with Gasteiger partial charge in [-0.05, 0) is 68.8 Å². The van der Waals surface area contributed by atoms with Gasteiger partial charge >= 0.3 is 0 Å². The fourth-order valence-electron chi connectivity index (χ4n) is 6.78. The number of fused-ring (bicyclic) bond motifs is 3. The van der Waals surface area contributed by atoms with Crippen LogP contribution in [0.5, 0.6) is 0 Å². The number of nitrogens with zero attached hydrogens (tertiary/aromatic N) is 3. The van der Waals surface area contributed by atoms with Crippen molar-refractivity contribution in [1.29, 1.82) is 5.26 Å². The first-order valence-electron chi connectivity index (χ1n) is 15.9. The molecule has 0 atom stereocenters. The third-order valence-corrected chi connectivity index (χ3v) is 9.37. The van der Waals surface area contributed by atoms with E-state index < -0.39 is 0 Å². The van der Waals surface area contributed by atoms with E-state index in [2.05, 4.69) is 135 Å². The molecule has 6 aromatic carbocycles. The van der Waals surface area contributed by atoms with Gasteiger partial charge < -0.3 is 0 Å². The molecule has 0 N–H and O–H groups in total. The molecule has 8 rings (SSSR count). The highest BCUT2D eigenvalue weighted by Gasteiger charge is 2.35. The second kappa shape index (κ2) is 11.4. The van der Waals surface area contributed by atoms with Gasteiger partial charge in [0.1, 0.15) is 0 Å². The first-order chi connectivity index (χ1) is 23.0. The summed E-state index contributed by atoms with van der Waals surface area (Å²) >= 11 is 0. The number of hydrogen-bond acceptors (Lipinski definition) is 3. The summed E-state index contributed by atoms with van der Waals surface area (Å²) in [6, 6.07) is 55.0. The van der Waals surface area contributed by atoms with Crippen LogP contribution in [-0.2, 0) is 5.41 Å². The second-order valence-electron chi connectivity index (χ2n) is 12.6. The highest BCUT2D eigenvalue weighted by molar-refractivity contribution is 5.85. The smallest absolute Gasteiger partial charge is 0.160 e. The molecular formula is C44H31N3. The van der Waals surface area contributed by atoms with Gasteiger partial charge in [-0.3, -0.25) is 0 Å². The monoisotopic (exact) mass is 601 g/mol. The molecule has 0 aliphatic heterocycles. The molecule has 7 aromatic rings. The van der Waals surface area contributed by atoms with Crippen molar-refractivity contribution in [3.05, 3.63) is 168 Å². The first-order valence-corrected chi connectivity index (χ1v) is 15.9. The Bertz CT molecular complexity index is 2300. The number of rotatable bonds is 5. The van der Waals surface area contributed by atoms with Gasteiger partial charge in [0.2, 0.25) is 0 Å². The fourth-order valence-corrected chi connectivity index (χ4v) is 6.78. The molecule has 0 saturated heterocycles. The van der Waals surface area contributed by atoms with Crippen LogP contribution in [0.3, 0.4) is 0 Å². The van der Waals surface area contributed by atoms with Crippen molar-refractivity contribution in [2.75, 3.05) is 0 Å². The number of nitriles is 1. The summed E-state index contributed by atoms with van der Waals surface area (Å²) in [5, 5.41) is 9.56. The molecule has 0 spiro atoms. The molecule has 0 radical (unpaired) electrons. The van der Waals surface area contributed by atoms with Crippen LogP contribution in [0.2, 0.25) is 0 Å². The van der Waals surface area contributed by atoms with E-state index >= 15 is 0 Å². The highest BCUT2D eigenvalue weighted by Crippen LogP contribution is 2.50. The predicted molar refractivity (Wildman–Crippen MR) is 191 cm³/mol. The third-order valence-electron chi connectivity index (χ3n) is 9.37. The minimum atomic E-state index is -0.109. The minimum absolute atomic E-state index is 0.109. The molecule has 3 heteroatoms. The van der Waals surface area contributed by atoms with Crippen LogP contribution in [0, 0.1) is 11.3 Å². The van der Waals surface area contributed by atoms with Crippen LogP contribution in [0.1, 0.15) is 30.5 Å². The molecule has 0 fully saturated rings. The van der Waals surface area contributed by atoms with E-state index in [-0.39, 0.29) is 5.41 Å².